The summed E-state index contributed by atoms with van der Waals surface area (Å²) in [7, 11) is 0. The molecule has 0 bridgehead atoms. The Morgan fingerprint density at radius 2 is 1.83 bits per heavy atom. The van der Waals surface area contributed by atoms with Gasteiger partial charge in [0.2, 0.25) is 5.91 Å². The van der Waals surface area contributed by atoms with Crippen molar-refractivity contribution < 1.29 is 14.3 Å². The molecule has 2 unspecified atom stereocenters. The van der Waals surface area contributed by atoms with Crippen LogP contribution in [0.15, 0.2) is 0 Å². The lowest BCUT2D eigenvalue weighted by molar-refractivity contribution is -0.133. The first-order chi connectivity index (χ1) is 11.2. The molecular formula is C19H34N2O3. The van der Waals surface area contributed by atoms with Crippen LogP contribution in [-0.2, 0) is 9.53 Å². The van der Waals surface area contributed by atoms with Crippen LogP contribution in [0.25, 0.3) is 0 Å². The van der Waals surface area contributed by atoms with Crippen LogP contribution in [0.2, 0.25) is 0 Å². The second kappa shape index (κ2) is 8.21. The third kappa shape index (κ3) is 5.99. The molecule has 0 aromatic rings. The van der Waals surface area contributed by atoms with Crippen molar-refractivity contribution in [1.29, 1.82) is 0 Å². The van der Waals surface area contributed by atoms with Gasteiger partial charge in [0.15, 0.2) is 0 Å². The highest BCUT2D eigenvalue weighted by atomic mass is 16.6. The number of likely N-dealkylation sites (tertiary alicyclic amines) is 1. The third-order valence-corrected chi connectivity index (χ3v) is 5.20. The van der Waals surface area contributed by atoms with Gasteiger partial charge < -0.3 is 15.0 Å². The van der Waals surface area contributed by atoms with E-state index in [0.29, 0.717) is 6.42 Å². The van der Waals surface area contributed by atoms with E-state index in [1.54, 1.807) is 0 Å². The van der Waals surface area contributed by atoms with Gasteiger partial charge in [-0.15, -0.1) is 0 Å². The minimum absolute atomic E-state index is 0.0822. The number of ether oxygens (including phenoxy) is 1. The number of carbonyl (C=O) groups is 2. The zero-order chi connectivity index (χ0) is 17.7. The number of hydrogen-bond acceptors (Lipinski definition) is 3. The van der Waals surface area contributed by atoms with Crippen LogP contribution in [0.5, 0.6) is 0 Å². The highest BCUT2D eigenvalue weighted by molar-refractivity contribution is 5.76. The average Bonchev–Trinajstić information content (AvgIpc) is 2.98. The van der Waals surface area contributed by atoms with Crippen LogP contribution < -0.4 is 5.32 Å². The van der Waals surface area contributed by atoms with Gasteiger partial charge in [-0.3, -0.25) is 4.79 Å². The van der Waals surface area contributed by atoms with Gasteiger partial charge in [-0.1, -0.05) is 32.6 Å². The van der Waals surface area contributed by atoms with Crippen LogP contribution in [0.3, 0.4) is 0 Å². The zero-order valence-electron chi connectivity index (χ0n) is 15.8. The van der Waals surface area contributed by atoms with Gasteiger partial charge in [0, 0.05) is 25.6 Å². The van der Waals surface area contributed by atoms with E-state index in [0.717, 1.165) is 31.8 Å². The number of piperidine rings is 1. The lowest BCUT2D eigenvalue weighted by Crippen LogP contribution is -2.52. The molecule has 5 heteroatoms. The van der Waals surface area contributed by atoms with Gasteiger partial charge in [0.05, 0.1) is 0 Å². The van der Waals surface area contributed by atoms with Crippen LogP contribution in [-0.4, -0.2) is 41.6 Å². The quantitative estimate of drug-likeness (QED) is 0.850. The second-order valence-corrected chi connectivity index (χ2v) is 8.55. The van der Waals surface area contributed by atoms with Crippen molar-refractivity contribution in [3.05, 3.63) is 0 Å². The van der Waals surface area contributed by atoms with Crippen molar-refractivity contribution >= 4 is 12.0 Å². The molecule has 2 rings (SSSR count). The summed E-state index contributed by atoms with van der Waals surface area (Å²) >= 11 is 0. The summed E-state index contributed by atoms with van der Waals surface area (Å²) in [6.07, 6.45) is 7.42. The van der Waals surface area contributed by atoms with Crippen molar-refractivity contribution in [2.45, 2.75) is 84.3 Å². The fourth-order valence-corrected chi connectivity index (χ4v) is 3.83. The van der Waals surface area contributed by atoms with Gasteiger partial charge >= 0.3 is 6.09 Å². The number of carbonyl (C=O) groups excluding carboxylic acids is 2. The highest BCUT2D eigenvalue weighted by Gasteiger charge is 2.31. The number of alkyl carbamates (subject to hydrolysis) is 1. The first kappa shape index (κ1) is 19.1. The van der Waals surface area contributed by atoms with Gasteiger partial charge in [-0.25, -0.2) is 4.79 Å². The topological polar surface area (TPSA) is 58.6 Å². The SMILES string of the molecule is CC1CN(C(=O)CCC2CCCC2)CCC1NC(=O)OC(C)(C)C. The van der Waals surface area contributed by atoms with Crippen LogP contribution >= 0.6 is 0 Å². The van der Waals surface area contributed by atoms with Crippen LogP contribution in [0.4, 0.5) is 4.79 Å². The molecule has 1 aliphatic heterocycles. The van der Waals surface area contributed by atoms with Crippen LogP contribution in [0.1, 0.15) is 72.6 Å². The van der Waals surface area contributed by atoms with Gasteiger partial charge in [0.1, 0.15) is 5.60 Å². The molecule has 0 aromatic heterocycles. The Bertz CT molecular complexity index is 438. The number of hydrogen-bond donors (Lipinski definition) is 1. The summed E-state index contributed by atoms with van der Waals surface area (Å²) in [5, 5.41) is 2.96. The van der Waals surface area contributed by atoms with E-state index in [4.69, 9.17) is 4.74 Å². The maximum atomic E-state index is 12.4. The molecule has 2 aliphatic rings. The van der Waals surface area contributed by atoms with E-state index in [-0.39, 0.29) is 24.0 Å². The highest BCUT2D eigenvalue weighted by Crippen LogP contribution is 2.29. The fraction of sp³-hybridized carbons (Fsp3) is 0.895. The summed E-state index contributed by atoms with van der Waals surface area (Å²) in [5.41, 5.74) is -0.482. The number of nitrogens with one attached hydrogen (secondary N) is 1. The molecule has 0 spiro atoms. The summed E-state index contributed by atoms with van der Waals surface area (Å²) in [6, 6.07) is 0.0822. The Kier molecular flexibility index (Phi) is 6.53. The minimum Gasteiger partial charge on any atom is -0.444 e. The largest absolute Gasteiger partial charge is 0.444 e. The van der Waals surface area contributed by atoms with E-state index in [1.165, 1.54) is 25.7 Å². The summed E-state index contributed by atoms with van der Waals surface area (Å²) < 4.78 is 5.33. The molecule has 1 saturated heterocycles. The molecule has 2 atom stereocenters. The molecule has 138 valence electrons. The summed E-state index contributed by atoms with van der Waals surface area (Å²) in [6.45, 7) is 9.14. The average molecular weight is 338 g/mol. The van der Waals surface area contributed by atoms with E-state index in [1.807, 2.05) is 25.7 Å². The van der Waals surface area contributed by atoms with E-state index >= 15 is 0 Å². The Hall–Kier alpha value is -1.26. The molecule has 1 aliphatic carbocycles. The molecule has 0 aromatic carbocycles. The molecule has 0 radical (unpaired) electrons. The first-order valence-electron chi connectivity index (χ1n) is 9.52. The molecule has 24 heavy (non-hydrogen) atoms. The van der Waals surface area contributed by atoms with E-state index in [9.17, 15) is 9.59 Å². The predicted octanol–water partition coefficient (Wildman–Crippen LogP) is 3.72. The van der Waals surface area contributed by atoms with Gasteiger partial charge in [0.25, 0.3) is 0 Å². The standard InChI is InChI=1S/C19H34N2O3/c1-14-13-21(17(22)10-9-15-7-5-6-8-15)12-11-16(14)20-18(23)24-19(2,3)4/h14-16H,5-13H2,1-4H3,(H,20,23). The van der Waals surface area contributed by atoms with Gasteiger partial charge in [-0.05, 0) is 45.4 Å². The normalized spacial score (nSPS) is 25.6. The number of amides is 2. The Labute approximate surface area is 146 Å². The van der Waals surface area contributed by atoms with Crippen LogP contribution in [0, 0.1) is 11.8 Å². The molecule has 1 heterocycles. The van der Waals surface area contributed by atoms with Crippen molar-refractivity contribution in [2.75, 3.05) is 13.1 Å². The monoisotopic (exact) mass is 338 g/mol. The molecule has 5 nitrogen and oxygen atoms in total. The Balaban J connectivity index is 1.73. The van der Waals surface area contributed by atoms with Crippen molar-refractivity contribution in [3.8, 4) is 0 Å². The Morgan fingerprint density at radius 1 is 1.17 bits per heavy atom. The molecule has 1 saturated carbocycles. The number of nitrogens with zero attached hydrogens (tertiary/aromatic N) is 1. The lowest BCUT2D eigenvalue weighted by Gasteiger charge is -2.37. The first-order valence-corrected chi connectivity index (χ1v) is 9.52. The maximum absolute atomic E-state index is 12.4. The van der Waals surface area contributed by atoms with E-state index in [2.05, 4.69) is 12.2 Å². The van der Waals surface area contributed by atoms with Gasteiger partial charge in [-0.2, -0.15) is 0 Å². The number of rotatable bonds is 4. The maximum Gasteiger partial charge on any atom is 0.407 e. The molecule has 2 fully saturated rings. The minimum atomic E-state index is -0.482. The Morgan fingerprint density at radius 3 is 2.42 bits per heavy atom. The zero-order valence-corrected chi connectivity index (χ0v) is 15.8. The van der Waals surface area contributed by atoms with Crippen molar-refractivity contribution in [2.24, 2.45) is 11.8 Å². The van der Waals surface area contributed by atoms with Crippen molar-refractivity contribution in [1.82, 2.24) is 10.2 Å². The van der Waals surface area contributed by atoms with E-state index < -0.39 is 5.60 Å². The molecule has 1 N–H and O–H groups in total. The summed E-state index contributed by atoms with van der Waals surface area (Å²) in [4.78, 5) is 26.3. The smallest absolute Gasteiger partial charge is 0.407 e. The second-order valence-electron chi connectivity index (χ2n) is 8.55. The lowest BCUT2D eigenvalue weighted by atomic mass is 9.93. The van der Waals surface area contributed by atoms with Crippen molar-refractivity contribution in [3.63, 3.8) is 0 Å². The predicted molar refractivity (Wildman–Crippen MR) is 94.7 cm³/mol. The third-order valence-electron chi connectivity index (χ3n) is 5.20. The molecule has 2 amide bonds. The molecular weight excluding hydrogens is 304 g/mol. The fourth-order valence-electron chi connectivity index (χ4n) is 3.83. The summed E-state index contributed by atoms with van der Waals surface area (Å²) in [5.74, 6) is 1.30.